The van der Waals surface area contributed by atoms with E-state index >= 15 is 0 Å². The second-order valence-corrected chi connectivity index (χ2v) is 12.7. The predicted molar refractivity (Wildman–Crippen MR) is 202 cm³/mol. The van der Waals surface area contributed by atoms with Crippen molar-refractivity contribution in [3.8, 4) is 0 Å². The summed E-state index contributed by atoms with van der Waals surface area (Å²) in [7, 11) is 0. The van der Waals surface area contributed by atoms with Crippen molar-refractivity contribution in [1.29, 1.82) is 0 Å². The van der Waals surface area contributed by atoms with Crippen molar-refractivity contribution in [2.75, 3.05) is 34.8 Å². The fraction of sp³-hybridized carbons (Fsp3) is 0.205. The van der Waals surface area contributed by atoms with E-state index in [1.165, 1.54) is 0 Å². The van der Waals surface area contributed by atoms with Crippen LogP contribution in [0.3, 0.4) is 0 Å². The van der Waals surface area contributed by atoms with E-state index in [0.29, 0.717) is 41.4 Å². The maximum absolute atomic E-state index is 13.0. The van der Waals surface area contributed by atoms with Crippen molar-refractivity contribution in [1.82, 2.24) is 20.3 Å². The Balaban J connectivity index is 1.13. The number of hydrogen-bond acceptors (Lipinski definition) is 10. The number of carbonyl (C=O) groups excluding carboxylic acids is 3. The van der Waals surface area contributed by atoms with E-state index in [0.717, 1.165) is 27.6 Å². The van der Waals surface area contributed by atoms with E-state index in [9.17, 15) is 14.4 Å². The van der Waals surface area contributed by atoms with Gasteiger partial charge in [0.05, 0.1) is 17.9 Å². The van der Waals surface area contributed by atoms with Crippen molar-refractivity contribution < 1.29 is 24.0 Å². The maximum atomic E-state index is 13.0. The summed E-state index contributed by atoms with van der Waals surface area (Å²) < 4.78 is 5.49. The smallest absolute Gasteiger partial charge is 0.442 e. The van der Waals surface area contributed by atoms with Gasteiger partial charge in [-0.1, -0.05) is 42.5 Å². The van der Waals surface area contributed by atoms with E-state index in [4.69, 9.17) is 15.3 Å². The molecule has 3 amide bonds. The van der Waals surface area contributed by atoms with Crippen LogP contribution >= 0.6 is 0 Å². The van der Waals surface area contributed by atoms with Gasteiger partial charge in [0.15, 0.2) is 11.6 Å². The summed E-state index contributed by atoms with van der Waals surface area (Å²) in [6, 6.07) is 31.1. The molecule has 2 heterocycles. The number of nitrogens with two attached hydrogens (primary N) is 1. The van der Waals surface area contributed by atoms with Crippen LogP contribution < -0.4 is 27.0 Å². The van der Waals surface area contributed by atoms with Crippen LogP contribution in [-0.2, 0) is 22.4 Å². The molecular formula is C39H42N8O5. The van der Waals surface area contributed by atoms with E-state index in [2.05, 4.69) is 31.2 Å². The first-order valence-electron chi connectivity index (χ1n) is 16.7. The van der Waals surface area contributed by atoms with Gasteiger partial charge in [0.2, 0.25) is 0 Å². The number of hydrogen-bond donors (Lipinski definition) is 5. The van der Waals surface area contributed by atoms with Gasteiger partial charge in [0.25, 0.3) is 5.91 Å². The van der Waals surface area contributed by atoms with Crippen LogP contribution in [0.15, 0.2) is 116 Å². The average Bonchev–Trinajstić information content (AvgIpc) is 3.13. The minimum Gasteiger partial charge on any atom is -0.442 e. The maximum Gasteiger partial charge on any atom is 0.443 e. The largest absolute Gasteiger partial charge is 0.443 e. The summed E-state index contributed by atoms with van der Waals surface area (Å²) in [5, 5.41) is 12.9. The Bertz CT molecular complexity index is 1950. The molecule has 2 aromatic heterocycles. The summed E-state index contributed by atoms with van der Waals surface area (Å²) in [6.45, 7) is 5.55. The van der Waals surface area contributed by atoms with Gasteiger partial charge in [-0.25, -0.2) is 19.6 Å². The Hall–Kier alpha value is -6.63. The number of nitrogen functional groups attached to an aromatic ring is 1. The lowest BCUT2D eigenvalue weighted by Crippen LogP contribution is -2.42. The van der Waals surface area contributed by atoms with Crippen LogP contribution in [-0.4, -0.2) is 51.8 Å². The second kappa shape index (κ2) is 17.3. The van der Waals surface area contributed by atoms with Crippen molar-refractivity contribution >= 4 is 52.5 Å². The molecule has 0 aliphatic carbocycles. The molecule has 0 radical (unpaired) electrons. The molecule has 5 aromatic rings. The molecule has 13 nitrogen and oxygen atoms in total. The number of carbonyl (C=O) groups is 3. The van der Waals surface area contributed by atoms with E-state index < -0.39 is 17.8 Å². The number of aromatic nitrogens is 2. The number of nitrogens with zero attached hydrogens (tertiary/aromatic N) is 3. The quantitative estimate of drug-likeness (QED) is 0.0822. The molecule has 0 saturated heterocycles. The molecule has 13 heteroatoms. The van der Waals surface area contributed by atoms with Gasteiger partial charge in [-0.2, -0.15) is 0 Å². The van der Waals surface area contributed by atoms with Crippen molar-refractivity contribution in [2.24, 2.45) is 0 Å². The fourth-order valence-electron chi connectivity index (χ4n) is 4.85. The van der Waals surface area contributed by atoms with Crippen LogP contribution in [0.25, 0.3) is 0 Å². The third kappa shape index (κ3) is 11.2. The Morgan fingerprint density at radius 1 is 0.731 bits per heavy atom. The molecule has 0 unspecified atom stereocenters. The molecule has 0 spiro atoms. The lowest BCUT2D eigenvalue weighted by Gasteiger charge is -2.26. The number of rotatable bonds is 12. The van der Waals surface area contributed by atoms with Crippen LogP contribution in [0.4, 0.5) is 44.0 Å². The Morgan fingerprint density at radius 3 is 1.96 bits per heavy atom. The third-order valence-electron chi connectivity index (χ3n) is 7.44. The molecule has 0 saturated carbocycles. The van der Waals surface area contributed by atoms with Crippen molar-refractivity contribution in [3.05, 3.63) is 132 Å². The van der Waals surface area contributed by atoms with Crippen molar-refractivity contribution in [3.63, 3.8) is 0 Å². The minimum atomic E-state index is -0.795. The van der Waals surface area contributed by atoms with Gasteiger partial charge in [-0.15, -0.1) is 5.06 Å². The summed E-state index contributed by atoms with van der Waals surface area (Å²) in [5.74, 6) is 0.810. The standard InChI is InChI=1S/C39H42N8O5/c1-39(2,3)51-38(50)47(52-37(49)43-25-21-27-13-17-30(18-14-27)44-34-32(40)11-7-23-41-34)26-22-28-15-19-31(20-16-28)45-35-33(12-8-24-42-35)46-36(48)29-9-5-4-6-10-29/h4-20,23-24H,21-22,25-26,40H2,1-3H3,(H,41,44)(H,42,45)(H,43,49)(H,46,48). The normalized spacial score (nSPS) is 10.8. The highest BCUT2D eigenvalue weighted by atomic mass is 16.8. The zero-order valence-corrected chi connectivity index (χ0v) is 29.3. The first-order valence-corrected chi connectivity index (χ1v) is 16.7. The highest BCUT2D eigenvalue weighted by molar-refractivity contribution is 6.05. The third-order valence-corrected chi connectivity index (χ3v) is 7.44. The van der Waals surface area contributed by atoms with Gasteiger partial charge in [0.1, 0.15) is 5.60 Å². The molecule has 6 N–H and O–H groups in total. The summed E-state index contributed by atoms with van der Waals surface area (Å²) >= 11 is 0. The minimum absolute atomic E-state index is 0.0558. The SMILES string of the molecule is CC(C)(C)OC(=O)N(CCc1ccc(Nc2ncccc2NC(=O)c2ccccc2)cc1)OC(=O)NCCc1ccc(Nc2ncccc2N)cc1. The first-order chi connectivity index (χ1) is 25.0. The molecule has 0 aliphatic heterocycles. The van der Waals surface area contributed by atoms with Gasteiger partial charge >= 0.3 is 12.2 Å². The molecule has 52 heavy (non-hydrogen) atoms. The highest BCUT2D eigenvalue weighted by Crippen LogP contribution is 2.24. The predicted octanol–water partition coefficient (Wildman–Crippen LogP) is 7.46. The molecule has 3 aromatic carbocycles. The summed E-state index contributed by atoms with van der Waals surface area (Å²) in [4.78, 5) is 52.5. The number of benzene rings is 3. The van der Waals surface area contributed by atoms with Crippen LogP contribution in [0.5, 0.6) is 0 Å². The lowest BCUT2D eigenvalue weighted by molar-refractivity contribution is -0.0996. The highest BCUT2D eigenvalue weighted by Gasteiger charge is 2.25. The molecule has 5 rings (SSSR count). The van der Waals surface area contributed by atoms with Crippen LogP contribution in [0, 0.1) is 0 Å². The molecular weight excluding hydrogens is 660 g/mol. The van der Waals surface area contributed by atoms with Gasteiger partial charge in [-0.05, 0) is 105 Å². The molecule has 268 valence electrons. The number of anilines is 6. The number of amides is 3. The molecule has 0 bridgehead atoms. The molecule has 0 fully saturated rings. The second-order valence-electron chi connectivity index (χ2n) is 12.7. The van der Waals surface area contributed by atoms with Gasteiger partial charge < -0.3 is 36.6 Å². The Kier molecular flexibility index (Phi) is 12.2. The van der Waals surface area contributed by atoms with Gasteiger partial charge in [0, 0.05) is 35.9 Å². The van der Waals surface area contributed by atoms with Crippen LogP contribution in [0.1, 0.15) is 42.3 Å². The van der Waals surface area contributed by atoms with Crippen molar-refractivity contribution in [2.45, 2.75) is 39.2 Å². The average molecular weight is 703 g/mol. The Labute approximate surface area is 302 Å². The summed E-state index contributed by atoms with van der Waals surface area (Å²) in [6.07, 6.45) is 2.65. The van der Waals surface area contributed by atoms with E-state index in [1.54, 1.807) is 81.7 Å². The Morgan fingerprint density at radius 2 is 1.33 bits per heavy atom. The van der Waals surface area contributed by atoms with E-state index in [1.807, 2.05) is 54.6 Å². The lowest BCUT2D eigenvalue weighted by atomic mass is 10.1. The topological polar surface area (TPSA) is 173 Å². The van der Waals surface area contributed by atoms with Crippen LogP contribution in [0.2, 0.25) is 0 Å². The monoisotopic (exact) mass is 702 g/mol. The molecule has 0 atom stereocenters. The number of nitrogens with one attached hydrogen (secondary N) is 4. The number of pyridine rings is 2. The number of ether oxygens (including phenoxy) is 1. The first kappa shape index (κ1) is 36.6. The molecule has 0 aliphatic rings. The fourth-order valence-corrected chi connectivity index (χ4v) is 4.85. The number of hydroxylamine groups is 2. The zero-order chi connectivity index (χ0) is 36.9. The van der Waals surface area contributed by atoms with Gasteiger partial charge in [-0.3, -0.25) is 4.79 Å². The van der Waals surface area contributed by atoms with E-state index in [-0.39, 0.29) is 19.0 Å². The zero-order valence-electron chi connectivity index (χ0n) is 29.3. The summed E-state index contributed by atoms with van der Waals surface area (Å²) in [5.41, 5.74) is 10.2.